The van der Waals surface area contributed by atoms with Crippen molar-refractivity contribution in [3.8, 4) is 5.75 Å². The van der Waals surface area contributed by atoms with Crippen molar-refractivity contribution in [2.75, 3.05) is 20.3 Å². The molecule has 3 rings (SSSR count). The van der Waals surface area contributed by atoms with Gasteiger partial charge in [0.2, 0.25) is 0 Å². The van der Waals surface area contributed by atoms with Gasteiger partial charge in [0, 0.05) is 16.7 Å². The van der Waals surface area contributed by atoms with E-state index in [-0.39, 0.29) is 5.91 Å². The Hall–Kier alpha value is -1.71. The van der Waals surface area contributed by atoms with Crippen molar-refractivity contribution in [3.05, 3.63) is 56.4 Å². The highest BCUT2D eigenvalue weighted by Crippen LogP contribution is 2.27. The number of para-hydroxylation sites is 1. The zero-order valence-electron chi connectivity index (χ0n) is 14.6. The van der Waals surface area contributed by atoms with Crippen LogP contribution >= 0.6 is 33.9 Å². The second-order valence-corrected chi connectivity index (χ2v) is 7.61. The highest BCUT2D eigenvalue weighted by molar-refractivity contribution is 14.1. The minimum Gasteiger partial charge on any atom is -0.495 e. The first-order valence-corrected chi connectivity index (χ1v) is 10.1. The Labute approximate surface area is 169 Å². The Morgan fingerprint density at radius 1 is 1.23 bits per heavy atom. The Balaban J connectivity index is 2.13. The molecule has 0 fully saturated rings. The highest BCUT2D eigenvalue weighted by atomic mass is 127. The smallest absolute Gasteiger partial charge is 0.280 e. The highest BCUT2D eigenvalue weighted by Gasteiger charge is 2.14. The minimum atomic E-state index is -0.245. The second kappa shape index (κ2) is 8.79. The number of carbonyl (C=O) groups excluding carboxylic acids is 1. The molecule has 0 radical (unpaired) electrons. The molecular formula is C19H19IN2O3S. The van der Waals surface area contributed by atoms with E-state index in [1.165, 1.54) is 11.3 Å². The number of halogens is 1. The van der Waals surface area contributed by atoms with E-state index in [4.69, 9.17) is 9.47 Å². The molecular weight excluding hydrogens is 463 g/mol. The quantitative estimate of drug-likeness (QED) is 0.393. The molecule has 5 nitrogen and oxygen atoms in total. The first kappa shape index (κ1) is 19.1. The average Bonchev–Trinajstić information content (AvgIpc) is 2.99. The summed E-state index contributed by atoms with van der Waals surface area (Å²) in [6.07, 6.45) is 0. The zero-order valence-corrected chi connectivity index (χ0v) is 17.5. The SMILES string of the molecule is CCOCCn1c(=NC(=O)c2ccccc2I)sc2cccc(OC)c21. The molecule has 3 aromatic rings. The average molecular weight is 482 g/mol. The summed E-state index contributed by atoms with van der Waals surface area (Å²) in [7, 11) is 1.65. The zero-order chi connectivity index (χ0) is 18.5. The first-order chi connectivity index (χ1) is 12.7. The van der Waals surface area contributed by atoms with Gasteiger partial charge >= 0.3 is 0 Å². The molecule has 2 aromatic carbocycles. The van der Waals surface area contributed by atoms with E-state index in [1.807, 2.05) is 47.9 Å². The van der Waals surface area contributed by atoms with Crippen LogP contribution in [0.2, 0.25) is 0 Å². The molecule has 0 aliphatic heterocycles. The summed E-state index contributed by atoms with van der Waals surface area (Å²) in [6, 6.07) is 13.3. The first-order valence-electron chi connectivity index (χ1n) is 8.23. The molecule has 0 atom stereocenters. The van der Waals surface area contributed by atoms with Crippen LogP contribution in [0.3, 0.4) is 0 Å². The van der Waals surface area contributed by atoms with Crippen LogP contribution in [-0.4, -0.2) is 30.8 Å². The molecule has 7 heteroatoms. The molecule has 136 valence electrons. The monoisotopic (exact) mass is 482 g/mol. The third kappa shape index (κ3) is 3.99. The molecule has 0 saturated heterocycles. The molecule has 1 aromatic heterocycles. The van der Waals surface area contributed by atoms with Crippen molar-refractivity contribution in [1.29, 1.82) is 0 Å². The molecule has 1 heterocycles. The van der Waals surface area contributed by atoms with Gasteiger partial charge in [-0.15, -0.1) is 0 Å². The fraction of sp³-hybridized carbons (Fsp3) is 0.263. The normalized spacial score (nSPS) is 11.9. The van der Waals surface area contributed by atoms with Crippen molar-refractivity contribution in [2.45, 2.75) is 13.5 Å². The third-order valence-corrected chi connectivity index (χ3v) is 5.83. The maximum atomic E-state index is 12.7. The number of carbonyl (C=O) groups is 1. The maximum absolute atomic E-state index is 12.7. The van der Waals surface area contributed by atoms with E-state index in [0.717, 1.165) is 19.5 Å². The lowest BCUT2D eigenvalue weighted by atomic mass is 10.2. The number of hydrogen-bond donors (Lipinski definition) is 0. The van der Waals surface area contributed by atoms with Gasteiger partial charge in [-0.05, 0) is 53.8 Å². The molecule has 0 spiro atoms. The lowest BCUT2D eigenvalue weighted by molar-refractivity contribution is 0.0995. The fourth-order valence-corrected chi connectivity index (χ4v) is 4.33. The van der Waals surface area contributed by atoms with Crippen LogP contribution in [0, 0.1) is 3.57 Å². The van der Waals surface area contributed by atoms with E-state index in [1.54, 1.807) is 13.2 Å². The van der Waals surface area contributed by atoms with Crippen LogP contribution in [-0.2, 0) is 11.3 Å². The standard InChI is InChI=1S/C19H19IN2O3S/c1-3-25-12-11-22-17-15(24-2)9-6-10-16(17)26-19(22)21-18(23)13-7-4-5-8-14(13)20/h4-10H,3,11-12H2,1-2H3. The maximum Gasteiger partial charge on any atom is 0.280 e. The lowest BCUT2D eigenvalue weighted by Gasteiger charge is -2.08. The van der Waals surface area contributed by atoms with Crippen LogP contribution in [0.4, 0.5) is 0 Å². The number of fused-ring (bicyclic) bond motifs is 1. The molecule has 0 saturated carbocycles. The van der Waals surface area contributed by atoms with Crippen molar-refractivity contribution in [2.24, 2.45) is 4.99 Å². The number of nitrogens with zero attached hydrogens (tertiary/aromatic N) is 2. The third-order valence-electron chi connectivity index (χ3n) is 3.85. The van der Waals surface area contributed by atoms with Gasteiger partial charge in [-0.1, -0.05) is 29.5 Å². The van der Waals surface area contributed by atoms with Crippen molar-refractivity contribution >= 4 is 50.1 Å². The molecule has 0 unspecified atom stereocenters. The number of hydrogen-bond acceptors (Lipinski definition) is 4. The van der Waals surface area contributed by atoms with Gasteiger partial charge < -0.3 is 14.0 Å². The van der Waals surface area contributed by atoms with Gasteiger partial charge in [-0.2, -0.15) is 4.99 Å². The number of amides is 1. The van der Waals surface area contributed by atoms with Crippen LogP contribution < -0.4 is 9.54 Å². The number of ether oxygens (including phenoxy) is 2. The van der Waals surface area contributed by atoms with E-state index in [2.05, 4.69) is 27.6 Å². The summed E-state index contributed by atoms with van der Waals surface area (Å²) in [5.41, 5.74) is 1.54. The van der Waals surface area contributed by atoms with Gasteiger partial charge in [0.25, 0.3) is 5.91 Å². The van der Waals surface area contributed by atoms with Crippen LogP contribution in [0.25, 0.3) is 10.2 Å². The fourth-order valence-electron chi connectivity index (χ4n) is 2.64. The van der Waals surface area contributed by atoms with E-state index < -0.39 is 0 Å². The lowest BCUT2D eigenvalue weighted by Crippen LogP contribution is -2.20. The van der Waals surface area contributed by atoms with Gasteiger partial charge in [0.1, 0.15) is 11.3 Å². The van der Waals surface area contributed by atoms with Crippen molar-refractivity contribution in [3.63, 3.8) is 0 Å². The Kier molecular flexibility index (Phi) is 6.44. The van der Waals surface area contributed by atoms with Gasteiger partial charge in [-0.3, -0.25) is 4.79 Å². The summed E-state index contributed by atoms with van der Waals surface area (Å²) in [4.78, 5) is 17.8. The number of benzene rings is 2. The minimum absolute atomic E-state index is 0.245. The largest absolute Gasteiger partial charge is 0.495 e. The summed E-state index contributed by atoms with van der Waals surface area (Å²) in [5.74, 6) is 0.518. The van der Waals surface area contributed by atoms with Crippen molar-refractivity contribution < 1.29 is 14.3 Å². The molecule has 0 aliphatic carbocycles. The van der Waals surface area contributed by atoms with Crippen LogP contribution in [0.1, 0.15) is 17.3 Å². The van der Waals surface area contributed by atoms with Gasteiger partial charge in [-0.25, -0.2) is 0 Å². The Morgan fingerprint density at radius 3 is 2.77 bits per heavy atom. The topological polar surface area (TPSA) is 52.8 Å². The number of thiazole rings is 1. The Morgan fingerprint density at radius 2 is 2.04 bits per heavy atom. The molecule has 26 heavy (non-hydrogen) atoms. The van der Waals surface area contributed by atoms with E-state index in [9.17, 15) is 4.79 Å². The number of methoxy groups -OCH3 is 1. The molecule has 0 N–H and O–H groups in total. The van der Waals surface area contributed by atoms with Crippen molar-refractivity contribution in [1.82, 2.24) is 4.57 Å². The summed E-state index contributed by atoms with van der Waals surface area (Å²) < 4.78 is 14.9. The Bertz CT molecular complexity index is 994. The number of aromatic nitrogens is 1. The van der Waals surface area contributed by atoms with Gasteiger partial charge in [0.05, 0.1) is 24.0 Å². The predicted molar refractivity (Wildman–Crippen MR) is 112 cm³/mol. The second-order valence-electron chi connectivity index (χ2n) is 5.44. The summed E-state index contributed by atoms with van der Waals surface area (Å²) >= 11 is 3.63. The molecule has 1 amide bonds. The van der Waals surface area contributed by atoms with Crippen LogP contribution in [0.5, 0.6) is 5.75 Å². The van der Waals surface area contributed by atoms with Crippen LogP contribution in [0.15, 0.2) is 47.5 Å². The summed E-state index contributed by atoms with van der Waals surface area (Å²) in [5, 5.41) is 0. The molecule has 0 bridgehead atoms. The van der Waals surface area contributed by atoms with E-state index in [0.29, 0.717) is 30.1 Å². The number of rotatable bonds is 6. The predicted octanol–water partition coefficient (Wildman–Crippen LogP) is 4.09. The summed E-state index contributed by atoms with van der Waals surface area (Å²) in [6.45, 7) is 3.76. The van der Waals surface area contributed by atoms with Gasteiger partial charge in [0.15, 0.2) is 4.80 Å². The molecule has 0 aliphatic rings. The van der Waals surface area contributed by atoms with E-state index >= 15 is 0 Å².